The van der Waals surface area contributed by atoms with Gasteiger partial charge in [0.25, 0.3) is 0 Å². The summed E-state index contributed by atoms with van der Waals surface area (Å²) >= 11 is 0. The van der Waals surface area contributed by atoms with Crippen molar-refractivity contribution in [2.75, 3.05) is 11.4 Å². The van der Waals surface area contributed by atoms with Gasteiger partial charge in [0.15, 0.2) is 5.69 Å². The average molecular weight is 250 g/mol. The van der Waals surface area contributed by atoms with Gasteiger partial charge in [-0.25, -0.2) is 9.78 Å². The van der Waals surface area contributed by atoms with Gasteiger partial charge in [-0.3, -0.25) is 9.78 Å². The Balaban J connectivity index is 2.30. The molecule has 7 heteroatoms. The Hall–Kier alpha value is -2.18. The van der Waals surface area contributed by atoms with Crippen LogP contribution in [-0.2, 0) is 4.79 Å². The third kappa shape index (κ3) is 2.39. The monoisotopic (exact) mass is 250 g/mol. The molecule has 2 rings (SSSR count). The number of carbonyl (C=O) groups excluding carboxylic acids is 1. The zero-order valence-electron chi connectivity index (χ0n) is 9.74. The van der Waals surface area contributed by atoms with Gasteiger partial charge >= 0.3 is 5.97 Å². The van der Waals surface area contributed by atoms with Crippen molar-refractivity contribution in [1.82, 2.24) is 9.97 Å². The number of carbonyl (C=O) groups is 2. The molecule has 0 bridgehead atoms. The molecule has 1 amide bonds. The molecule has 1 unspecified atom stereocenters. The van der Waals surface area contributed by atoms with E-state index in [1.54, 1.807) is 4.90 Å². The summed E-state index contributed by atoms with van der Waals surface area (Å²) in [6.07, 6.45) is 5.13. The first kappa shape index (κ1) is 12.3. The number of aromatic carboxylic acids is 1. The lowest BCUT2D eigenvalue weighted by Gasteiger charge is -2.34. The van der Waals surface area contributed by atoms with Crippen molar-refractivity contribution in [2.24, 2.45) is 5.73 Å². The van der Waals surface area contributed by atoms with Crippen LogP contribution >= 0.6 is 0 Å². The largest absolute Gasteiger partial charge is 0.476 e. The fraction of sp³-hybridized carbons (Fsp3) is 0.455. The fourth-order valence-corrected chi connectivity index (χ4v) is 2.10. The minimum Gasteiger partial charge on any atom is -0.476 e. The highest BCUT2D eigenvalue weighted by Gasteiger charge is 2.28. The number of hydrogen-bond acceptors (Lipinski definition) is 5. The zero-order valence-corrected chi connectivity index (χ0v) is 9.74. The van der Waals surface area contributed by atoms with Crippen LogP contribution in [-0.4, -0.2) is 39.5 Å². The number of hydrogen-bond donors (Lipinski definition) is 2. The maximum atomic E-state index is 11.4. The Morgan fingerprint density at radius 3 is 2.83 bits per heavy atom. The van der Waals surface area contributed by atoms with E-state index in [-0.39, 0.29) is 5.69 Å². The molecule has 0 spiro atoms. The number of aromatic nitrogens is 2. The van der Waals surface area contributed by atoms with E-state index >= 15 is 0 Å². The molecule has 1 aromatic heterocycles. The quantitative estimate of drug-likeness (QED) is 0.782. The molecule has 1 fully saturated rings. The lowest BCUT2D eigenvalue weighted by atomic mass is 10.0. The van der Waals surface area contributed by atoms with E-state index in [2.05, 4.69) is 9.97 Å². The van der Waals surface area contributed by atoms with Crippen LogP contribution in [0.25, 0.3) is 0 Å². The summed E-state index contributed by atoms with van der Waals surface area (Å²) in [5, 5.41) is 8.87. The summed E-state index contributed by atoms with van der Waals surface area (Å²) in [7, 11) is 0. The van der Waals surface area contributed by atoms with Crippen LogP contribution in [0, 0.1) is 0 Å². The summed E-state index contributed by atoms with van der Waals surface area (Å²) in [5.41, 5.74) is 5.21. The van der Waals surface area contributed by atoms with Gasteiger partial charge in [0.05, 0.1) is 12.4 Å². The smallest absolute Gasteiger partial charge is 0.356 e. The highest BCUT2D eigenvalue weighted by Crippen LogP contribution is 2.22. The van der Waals surface area contributed by atoms with Crippen molar-refractivity contribution >= 4 is 17.7 Å². The summed E-state index contributed by atoms with van der Waals surface area (Å²) in [4.78, 5) is 31.8. The first-order chi connectivity index (χ1) is 8.59. The second-order valence-electron chi connectivity index (χ2n) is 4.18. The topological polar surface area (TPSA) is 109 Å². The lowest BCUT2D eigenvalue weighted by molar-refractivity contribution is -0.119. The zero-order chi connectivity index (χ0) is 13.1. The maximum absolute atomic E-state index is 11.4. The predicted octanol–water partition coefficient (Wildman–Crippen LogP) is 0.0190. The highest BCUT2D eigenvalue weighted by molar-refractivity contribution is 5.86. The van der Waals surface area contributed by atoms with Gasteiger partial charge in [-0.2, -0.15) is 0 Å². The summed E-state index contributed by atoms with van der Waals surface area (Å²) < 4.78 is 0. The molecular weight excluding hydrogens is 236 g/mol. The number of carboxylic acids is 1. The van der Waals surface area contributed by atoms with Gasteiger partial charge in [-0.15, -0.1) is 0 Å². The Morgan fingerprint density at radius 1 is 1.39 bits per heavy atom. The van der Waals surface area contributed by atoms with E-state index in [0.29, 0.717) is 18.8 Å². The van der Waals surface area contributed by atoms with Crippen LogP contribution < -0.4 is 10.6 Å². The Kier molecular flexibility index (Phi) is 3.40. The first-order valence-electron chi connectivity index (χ1n) is 5.71. The summed E-state index contributed by atoms with van der Waals surface area (Å²) in [5.74, 6) is -1.17. The number of amides is 1. The predicted molar refractivity (Wildman–Crippen MR) is 63.2 cm³/mol. The van der Waals surface area contributed by atoms with Crippen LogP contribution in [0.1, 0.15) is 29.8 Å². The summed E-state index contributed by atoms with van der Waals surface area (Å²) in [6.45, 7) is 0.630. The van der Waals surface area contributed by atoms with Crippen LogP contribution in [0.2, 0.25) is 0 Å². The third-order valence-electron chi connectivity index (χ3n) is 2.97. The van der Waals surface area contributed by atoms with Gasteiger partial charge in [0.1, 0.15) is 11.9 Å². The van der Waals surface area contributed by atoms with Crippen molar-refractivity contribution in [3.8, 4) is 0 Å². The van der Waals surface area contributed by atoms with E-state index in [1.165, 1.54) is 12.4 Å². The number of carboxylic acid groups (broad SMARTS) is 1. The van der Waals surface area contributed by atoms with E-state index in [9.17, 15) is 9.59 Å². The van der Waals surface area contributed by atoms with Crippen molar-refractivity contribution in [3.63, 3.8) is 0 Å². The molecule has 0 aromatic carbocycles. The van der Waals surface area contributed by atoms with E-state index in [4.69, 9.17) is 10.8 Å². The molecule has 1 aliphatic heterocycles. The van der Waals surface area contributed by atoms with Gasteiger partial charge in [-0.05, 0) is 19.3 Å². The molecule has 1 saturated heterocycles. The van der Waals surface area contributed by atoms with Gasteiger partial charge in [0, 0.05) is 6.54 Å². The van der Waals surface area contributed by atoms with Crippen molar-refractivity contribution in [1.29, 1.82) is 0 Å². The van der Waals surface area contributed by atoms with E-state index in [0.717, 1.165) is 12.8 Å². The van der Waals surface area contributed by atoms with Crippen LogP contribution in [0.5, 0.6) is 0 Å². The van der Waals surface area contributed by atoms with Crippen molar-refractivity contribution in [2.45, 2.75) is 25.3 Å². The Labute approximate surface area is 104 Å². The second-order valence-corrected chi connectivity index (χ2v) is 4.18. The molecule has 1 atom stereocenters. The number of nitrogens with zero attached hydrogens (tertiary/aromatic N) is 3. The SMILES string of the molecule is NC(=O)C1CCCCN1c1cncc(C(=O)O)n1. The molecule has 0 aliphatic carbocycles. The molecule has 0 saturated carbocycles. The van der Waals surface area contributed by atoms with Crippen LogP contribution in [0.15, 0.2) is 12.4 Å². The minimum absolute atomic E-state index is 0.138. The molecule has 96 valence electrons. The summed E-state index contributed by atoms with van der Waals surface area (Å²) in [6, 6.07) is -0.433. The van der Waals surface area contributed by atoms with Gasteiger partial charge in [-0.1, -0.05) is 0 Å². The maximum Gasteiger partial charge on any atom is 0.356 e. The first-order valence-corrected chi connectivity index (χ1v) is 5.71. The van der Waals surface area contributed by atoms with E-state index < -0.39 is 17.9 Å². The molecule has 7 nitrogen and oxygen atoms in total. The number of primary amides is 1. The number of rotatable bonds is 3. The average Bonchev–Trinajstić information content (AvgIpc) is 2.39. The normalized spacial score (nSPS) is 19.6. The molecule has 1 aliphatic rings. The van der Waals surface area contributed by atoms with Crippen LogP contribution in [0.3, 0.4) is 0 Å². The standard InChI is InChI=1S/C11H14N4O3/c12-10(16)8-3-1-2-4-15(8)9-6-13-5-7(14-9)11(17)18/h5-6,8H,1-4H2,(H2,12,16)(H,17,18). The third-order valence-corrected chi connectivity index (χ3v) is 2.97. The molecule has 18 heavy (non-hydrogen) atoms. The number of anilines is 1. The fourth-order valence-electron chi connectivity index (χ4n) is 2.10. The number of piperidine rings is 1. The van der Waals surface area contributed by atoms with E-state index in [1.807, 2.05) is 0 Å². The second kappa shape index (κ2) is 4.99. The number of nitrogens with two attached hydrogens (primary N) is 1. The van der Waals surface area contributed by atoms with Crippen molar-refractivity contribution < 1.29 is 14.7 Å². The molecule has 0 radical (unpaired) electrons. The molecule has 1 aromatic rings. The molecule has 2 heterocycles. The Morgan fingerprint density at radius 2 is 2.17 bits per heavy atom. The van der Waals surface area contributed by atoms with Gasteiger partial charge in [0.2, 0.25) is 5.91 Å². The lowest BCUT2D eigenvalue weighted by Crippen LogP contribution is -2.48. The highest BCUT2D eigenvalue weighted by atomic mass is 16.4. The molecule has 3 N–H and O–H groups in total. The minimum atomic E-state index is -1.14. The van der Waals surface area contributed by atoms with Gasteiger partial charge < -0.3 is 15.7 Å². The molecular formula is C11H14N4O3. The van der Waals surface area contributed by atoms with Crippen molar-refractivity contribution in [3.05, 3.63) is 18.1 Å². The Bertz CT molecular complexity index is 477. The van der Waals surface area contributed by atoms with Crippen LogP contribution in [0.4, 0.5) is 5.82 Å².